The summed E-state index contributed by atoms with van der Waals surface area (Å²) in [5, 5.41) is 6.78. The number of carbonyl (C=O) groups is 1. The number of benzene rings is 1. The van der Waals surface area contributed by atoms with Gasteiger partial charge in [-0.25, -0.2) is 18.3 Å². The van der Waals surface area contributed by atoms with Crippen molar-refractivity contribution >= 4 is 11.6 Å². The van der Waals surface area contributed by atoms with Crippen molar-refractivity contribution in [3.05, 3.63) is 53.3 Å². The molecule has 2 aromatic heterocycles. The van der Waals surface area contributed by atoms with Crippen LogP contribution in [0.1, 0.15) is 48.3 Å². The first-order valence-electron chi connectivity index (χ1n) is 8.45. The van der Waals surface area contributed by atoms with E-state index in [2.05, 4.69) is 15.4 Å². The molecule has 26 heavy (non-hydrogen) atoms. The third-order valence-corrected chi connectivity index (χ3v) is 4.30. The molecule has 136 valence electrons. The molecular formula is C19H20F2N4O. The van der Waals surface area contributed by atoms with Gasteiger partial charge in [-0.3, -0.25) is 4.79 Å². The van der Waals surface area contributed by atoms with E-state index in [1.807, 2.05) is 45.0 Å². The van der Waals surface area contributed by atoms with E-state index in [1.165, 1.54) is 12.3 Å². The summed E-state index contributed by atoms with van der Waals surface area (Å²) in [6.45, 7) is 5.77. The van der Waals surface area contributed by atoms with Gasteiger partial charge in [0.15, 0.2) is 5.65 Å². The first kappa shape index (κ1) is 18.0. The summed E-state index contributed by atoms with van der Waals surface area (Å²) < 4.78 is 28.1. The van der Waals surface area contributed by atoms with Gasteiger partial charge in [0, 0.05) is 11.6 Å². The lowest BCUT2D eigenvalue weighted by molar-refractivity contribution is 0.0940. The highest BCUT2D eigenvalue weighted by molar-refractivity contribution is 6.00. The van der Waals surface area contributed by atoms with E-state index in [0.29, 0.717) is 11.3 Å². The molecule has 0 unspecified atom stereocenters. The van der Waals surface area contributed by atoms with Crippen molar-refractivity contribution in [2.24, 2.45) is 0 Å². The number of rotatable bonds is 5. The summed E-state index contributed by atoms with van der Waals surface area (Å²) >= 11 is 0. The van der Waals surface area contributed by atoms with Gasteiger partial charge in [0.2, 0.25) is 0 Å². The van der Waals surface area contributed by atoms with Crippen LogP contribution in [-0.4, -0.2) is 26.5 Å². The summed E-state index contributed by atoms with van der Waals surface area (Å²) in [7, 11) is 0. The molecule has 2 heterocycles. The van der Waals surface area contributed by atoms with Crippen molar-refractivity contribution in [2.75, 3.05) is 0 Å². The van der Waals surface area contributed by atoms with E-state index >= 15 is 0 Å². The van der Waals surface area contributed by atoms with Crippen LogP contribution in [0.5, 0.6) is 0 Å². The summed E-state index contributed by atoms with van der Waals surface area (Å²) in [4.78, 5) is 16.9. The number of carbonyl (C=O) groups excluding carboxylic acids is 1. The minimum atomic E-state index is -2.74. The van der Waals surface area contributed by atoms with Gasteiger partial charge in [0.1, 0.15) is 11.3 Å². The lowest BCUT2D eigenvalue weighted by Crippen LogP contribution is -2.31. The standard InChI is InChI=1S/C19H20F2N4O/c1-4-12(3)23-19(26)14-10-22-25-16(17(20)21)9-15(24-18(14)25)13-7-5-11(2)6-8-13/h5-10,12,17H,4H2,1-3H3,(H,23,26)/t12-/m1/s1. The van der Waals surface area contributed by atoms with Crippen LogP contribution in [0.2, 0.25) is 0 Å². The summed E-state index contributed by atoms with van der Waals surface area (Å²) in [5.41, 5.74) is 2.15. The Morgan fingerprint density at radius 3 is 2.58 bits per heavy atom. The molecule has 1 aromatic carbocycles. The molecule has 0 saturated heterocycles. The number of halogens is 2. The topological polar surface area (TPSA) is 59.3 Å². The first-order valence-corrected chi connectivity index (χ1v) is 8.45. The second-order valence-electron chi connectivity index (χ2n) is 6.31. The van der Waals surface area contributed by atoms with Crippen LogP contribution in [0.15, 0.2) is 36.5 Å². The number of fused-ring (bicyclic) bond motifs is 1. The van der Waals surface area contributed by atoms with E-state index in [1.54, 1.807) is 0 Å². The van der Waals surface area contributed by atoms with Crippen molar-refractivity contribution in [3.8, 4) is 11.3 Å². The van der Waals surface area contributed by atoms with E-state index in [4.69, 9.17) is 0 Å². The molecule has 1 atom stereocenters. The molecule has 0 bridgehead atoms. The third kappa shape index (κ3) is 3.42. The SMILES string of the molecule is CC[C@@H](C)NC(=O)c1cnn2c(C(F)F)cc(-c3ccc(C)cc3)nc12. The van der Waals surface area contributed by atoms with Crippen molar-refractivity contribution in [2.45, 2.75) is 39.7 Å². The van der Waals surface area contributed by atoms with E-state index < -0.39 is 6.43 Å². The number of amides is 1. The zero-order valence-corrected chi connectivity index (χ0v) is 14.8. The van der Waals surface area contributed by atoms with Gasteiger partial charge in [-0.15, -0.1) is 0 Å². The molecule has 0 spiro atoms. The van der Waals surface area contributed by atoms with Gasteiger partial charge < -0.3 is 5.32 Å². The predicted octanol–water partition coefficient (Wildman–Crippen LogP) is 4.17. The molecule has 3 rings (SSSR count). The maximum atomic E-state index is 13.5. The minimum Gasteiger partial charge on any atom is -0.349 e. The average molecular weight is 358 g/mol. The molecule has 0 aliphatic carbocycles. The molecule has 3 aromatic rings. The fourth-order valence-corrected chi connectivity index (χ4v) is 2.58. The number of nitrogens with zero attached hydrogens (tertiary/aromatic N) is 3. The van der Waals surface area contributed by atoms with Crippen LogP contribution in [0, 0.1) is 6.92 Å². The van der Waals surface area contributed by atoms with E-state index in [9.17, 15) is 13.6 Å². The molecule has 0 saturated carbocycles. The van der Waals surface area contributed by atoms with Gasteiger partial charge in [-0.2, -0.15) is 5.10 Å². The van der Waals surface area contributed by atoms with Crippen molar-refractivity contribution in [1.29, 1.82) is 0 Å². The number of hydrogen-bond acceptors (Lipinski definition) is 3. The second-order valence-corrected chi connectivity index (χ2v) is 6.31. The lowest BCUT2D eigenvalue weighted by Gasteiger charge is -2.11. The first-order chi connectivity index (χ1) is 12.4. The zero-order chi connectivity index (χ0) is 18.8. The Labute approximate surface area is 150 Å². The van der Waals surface area contributed by atoms with Gasteiger partial charge >= 0.3 is 0 Å². The maximum absolute atomic E-state index is 13.5. The second kappa shape index (κ2) is 7.19. The predicted molar refractivity (Wildman–Crippen MR) is 95.3 cm³/mol. The molecule has 0 aliphatic heterocycles. The number of hydrogen-bond donors (Lipinski definition) is 1. The van der Waals surface area contributed by atoms with Crippen LogP contribution in [0.25, 0.3) is 16.9 Å². The van der Waals surface area contributed by atoms with Gasteiger partial charge in [0.05, 0.1) is 11.9 Å². The Kier molecular flexibility index (Phi) is 4.97. The highest BCUT2D eigenvalue weighted by Gasteiger charge is 2.22. The summed E-state index contributed by atoms with van der Waals surface area (Å²) in [5.74, 6) is -0.372. The molecule has 7 heteroatoms. The van der Waals surface area contributed by atoms with Crippen LogP contribution < -0.4 is 5.32 Å². The Bertz CT molecular complexity index is 935. The Morgan fingerprint density at radius 2 is 1.96 bits per heavy atom. The van der Waals surface area contributed by atoms with Crippen LogP contribution in [0.3, 0.4) is 0 Å². The normalized spacial score (nSPS) is 12.5. The fraction of sp³-hybridized carbons (Fsp3) is 0.316. The maximum Gasteiger partial charge on any atom is 0.280 e. The van der Waals surface area contributed by atoms with Crippen LogP contribution >= 0.6 is 0 Å². The molecule has 0 aliphatic rings. The Balaban J connectivity index is 2.15. The van der Waals surface area contributed by atoms with E-state index in [0.717, 1.165) is 16.5 Å². The van der Waals surface area contributed by atoms with Crippen LogP contribution in [0.4, 0.5) is 8.78 Å². The zero-order valence-electron chi connectivity index (χ0n) is 14.8. The monoisotopic (exact) mass is 358 g/mol. The number of aryl methyl sites for hydroxylation is 1. The van der Waals surface area contributed by atoms with Gasteiger partial charge in [-0.05, 0) is 26.3 Å². The van der Waals surface area contributed by atoms with Gasteiger partial charge in [0.25, 0.3) is 12.3 Å². The molecule has 1 N–H and O–H groups in total. The lowest BCUT2D eigenvalue weighted by atomic mass is 10.1. The fourth-order valence-electron chi connectivity index (χ4n) is 2.58. The third-order valence-electron chi connectivity index (χ3n) is 4.30. The van der Waals surface area contributed by atoms with Crippen molar-refractivity contribution in [1.82, 2.24) is 19.9 Å². The highest BCUT2D eigenvalue weighted by atomic mass is 19.3. The molecular weight excluding hydrogens is 338 g/mol. The molecule has 1 amide bonds. The van der Waals surface area contributed by atoms with Crippen molar-refractivity contribution in [3.63, 3.8) is 0 Å². The molecule has 5 nitrogen and oxygen atoms in total. The highest BCUT2D eigenvalue weighted by Crippen LogP contribution is 2.27. The van der Waals surface area contributed by atoms with Crippen LogP contribution in [-0.2, 0) is 0 Å². The number of nitrogens with one attached hydrogen (secondary N) is 1. The minimum absolute atomic E-state index is 0.0349. The smallest absolute Gasteiger partial charge is 0.280 e. The van der Waals surface area contributed by atoms with Gasteiger partial charge in [-0.1, -0.05) is 36.8 Å². The Morgan fingerprint density at radius 1 is 1.27 bits per heavy atom. The summed E-state index contributed by atoms with van der Waals surface area (Å²) in [6, 6.07) is 8.68. The summed E-state index contributed by atoms with van der Waals surface area (Å²) in [6.07, 6.45) is -0.699. The molecule has 0 fully saturated rings. The van der Waals surface area contributed by atoms with E-state index in [-0.39, 0.29) is 28.9 Å². The number of aromatic nitrogens is 3. The average Bonchev–Trinajstić information content (AvgIpc) is 3.05. The largest absolute Gasteiger partial charge is 0.349 e. The number of alkyl halides is 2. The van der Waals surface area contributed by atoms with Crippen molar-refractivity contribution < 1.29 is 13.6 Å². The molecule has 0 radical (unpaired) electrons. The Hall–Kier alpha value is -2.83. The quantitative estimate of drug-likeness (QED) is 0.745.